The molecule has 1 saturated heterocycles. The Kier molecular flexibility index (Phi) is 5.08. The molecule has 0 N–H and O–H groups in total. The summed E-state index contributed by atoms with van der Waals surface area (Å²) < 4.78 is 19.9. The lowest BCUT2D eigenvalue weighted by Gasteiger charge is -2.35. The van der Waals surface area contributed by atoms with E-state index in [-0.39, 0.29) is 6.61 Å². The molecule has 0 spiro atoms. The Bertz CT molecular complexity index is 314. The minimum Gasteiger partial charge on any atom is -0.456 e. The molecular weight excluding hydrogens is 244 g/mol. The van der Waals surface area contributed by atoms with Gasteiger partial charge in [-0.1, -0.05) is 0 Å². The Hall–Kier alpha value is -1.63. The average Bonchev–Trinajstić information content (AvgIpc) is 2.20. The van der Waals surface area contributed by atoms with Crippen molar-refractivity contribution in [1.29, 1.82) is 0 Å². The van der Waals surface area contributed by atoms with Gasteiger partial charge in [-0.3, -0.25) is 14.4 Å². The minimum absolute atomic E-state index is 0.0370. The third kappa shape index (κ3) is 4.33. The second-order valence-electron chi connectivity index (χ2n) is 3.77. The minimum atomic E-state index is -0.899. The van der Waals surface area contributed by atoms with Gasteiger partial charge in [0.25, 0.3) is 0 Å². The van der Waals surface area contributed by atoms with E-state index in [1.54, 1.807) is 0 Å². The van der Waals surface area contributed by atoms with E-state index in [1.165, 1.54) is 27.4 Å². The van der Waals surface area contributed by atoms with Crippen molar-refractivity contribution in [1.82, 2.24) is 0 Å². The molecule has 7 nitrogen and oxygen atoms in total. The fourth-order valence-corrected chi connectivity index (χ4v) is 1.56. The first-order valence-corrected chi connectivity index (χ1v) is 5.36. The molecule has 0 bridgehead atoms. The van der Waals surface area contributed by atoms with Gasteiger partial charge in [-0.2, -0.15) is 0 Å². The monoisotopic (exact) mass is 259 g/mol. The van der Waals surface area contributed by atoms with Crippen molar-refractivity contribution in [3.63, 3.8) is 0 Å². The first-order chi connectivity index (χ1) is 8.40. The predicted molar refractivity (Wildman–Crippen MR) is 56.9 cm³/mol. The van der Waals surface area contributed by atoms with Crippen LogP contribution in [0.25, 0.3) is 0 Å². The van der Waals surface area contributed by atoms with E-state index in [1.807, 2.05) is 0 Å². The maximum Gasteiger partial charge on any atom is 0.303 e. The summed E-state index contributed by atoms with van der Waals surface area (Å²) in [6.07, 6.45) is -2.60. The van der Waals surface area contributed by atoms with Crippen molar-refractivity contribution in [2.75, 3.05) is 6.61 Å². The van der Waals surface area contributed by atoms with Crippen molar-refractivity contribution in [3.05, 3.63) is 6.61 Å². The fourth-order valence-electron chi connectivity index (χ4n) is 1.56. The summed E-state index contributed by atoms with van der Waals surface area (Å²) in [4.78, 5) is 32.9. The summed E-state index contributed by atoms with van der Waals surface area (Å²) in [7, 11) is 0. The van der Waals surface area contributed by atoms with Crippen LogP contribution in [0, 0.1) is 6.61 Å². The highest BCUT2D eigenvalue weighted by Crippen LogP contribution is 2.21. The van der Waals surface area contributed by atoms with Gasteiger partial charge in [-0.05, 0) is 0 Å². The molecule has 1 heterocycles. The maximum absolute atomic E-state index is 11.0. The number of carbonyl (C=O) groups excluding carboxylic acids is 3. The number of esters is 3. The smallest absolute Gasteiger partial charge is 0.303 e. The van der Waals surface area contributed by atoms with E-state index in [9.17, 15) is 14.4 Å². The standard InChI is InChI=1S/C11H15O7/c1-6(12)16-9-4-15-5-10(17-7(2)13)11(9)18-8(3)14/h4,9-11H,5H2,1-3H3/t9-,10-,11+/m1/s1. The van der Waals surface area contributed by atoms with Gasteiger partial charge in [0.1, 0.15) is 6.61 Å². The first-order valence-electron chi connectivity index (χ1n) is 5.36. The van der Waals surface area contributed by atoms with E-state index < -0.39 is 36.2 Å². The number of ether oxygens (including phenoxy) is 4. The van der Waals surface area contributed by atoms with Crippen molar-refractivity contribution in [3.8, 4) is 0 Å². The summed E-state index contributed by atoms with van der Waals surface area (Å²) in [5.74, 6) is -1.66. The molecule has 0 aromatic heterocycles. The van der Waals surface area contributed by atoms with Crippen LogP contribution in [-0.4, -0.2) is 42.8 Å². The van der Waals surface area contributed by atoms with Crippen molar-refractivity contribution < 1.29 is 33.3 Å². The van der Waals surface area contributed by atoms with Crippen LogP contribution in [0.15, 0.2) is 0 Å². The number of hydrogen-bond acceptors (Lipinski definition) is 7. The Morgan fingerprint density at radius 2 is 1.56 bits per heavy atom. The van der Waals surface area contributed by atoms with Crippen LogP contribution in [0.1, 0.15) is 20.8 Å². The van der Waals surface area contributed by atoms with Gasteiger partial charge in [-0.15, -0.1) is 0 Å². The van der Waals surface area contributed by atoms with Crippen LogP contribution in [0.4, 0.5) is 0 Å². The SMILES string of the molecule is CC(=O)O[C@H]1[C@H](OC(C)=O)[CH]OC[C@H]1OC(C)=O. The molecule has 0 unspecified atom stereocenters. The third-order valence-corrected chi connectivity index (χ3v) is 2.10. The van der Waals surface area contributed by atoms with E-state index >= 15 is 0 Å². The zero-order valence-electron chi connectivity index (χ0n) is 10.4. The molecule has 101 valence electrons. The second-order valence-corrected chi connectivity index (χ2v) is 3.77. The molecule has 1 rings (SSSR count). The fraction of sp³-hybridized carbons (Fsp3) is 0.636. The van der Waals surface area contributed by atoms with Crippen LogP contribution in [0.5, 0.6) is 0 Å². The molecule has 18 heavy (non-hydrogen) atoms. The van der Waals surface area contributed by atoms with Crippen LogP contribution >= 0.6 is 0 Å². The van der Waals surface area contributed by atoms with Crippen molar-refractivity contribution >= 4 is 17.9 Å². The molecule has 0 saturated carbocycles. The normalized spacial score (nSPS) is 27.2. The van der Waals surface area contributed by atoms with E-state index in [0.717, 1.165) is 0 Å². The zero-order valence-corrected chi connectivity index (χ0v) is 10.4. The number of carbonyl (C=O) groups is 3. The van der Waals surface area contributed by atoms with Gasteiger partial charge in [-0.25, -0.2) is 0 Å². The first kappa shape index (κ1) is 14.4. The van der Waals surface area contributed by atoms with E-state index in [0.29, 0.717) is 0 Å². The predicted octanol–water partition coefficient (Wildman–Crippen LogP) is -0.0265. The van der Waals surface area contributed by atoms with E-state index in [2.05, 4.69) is 0 Å². The Labute approximate surface area is 104 Å². The molecule has 0 aromatic carbocycles. The van der Waals surface area contributed by atoms with Gasteiger partial charge >= 0.3 is 17.9 Å². The van der Waals surface area contributed by atoms with Gasteiger partial charge < -0.3 is 18.9 Å². The molecule has 0 aromatic rings. The van der Waals surface area contributed by atoms with Crippen molar-refractivity contribution in [2.45, 2.75) is 39.1 Å². The summed E-state index contributed by atoms with van der Waals surface area (Å²) in [6, 6.07) is 0. The molecule has 7 heteroatoms. The van der Waals surface area contributed by atoms with Crippen LogP contribution in [0.3, 0.4) is 0 Å². The molecule has 1 aliphatic heterocycles. The summed E-state index contributed by atoms with van der Waals surface area (Å²) >= 11 is 0. The quantitative estimate of drug-likeness (QED) is 0.519. The largest absolute Gasteiger partial charge is 0.456 e. The third-order valence-electron chi connectivity index (χ3n) is 2.10. The van der Waals surface area contributed by atoms with Crippen LogP contribution < -0.4 is 0 Å². The average molecular weight is 259 g/mol. The summed E-state index contributed by atoms with van der Waals surface area (Å²) in [5, 5.41) is 0. The van der Waals surface area contributed by atoms with E-state index in [4.69, 9.17) is 18.9 Å². The Balaban J connectivity index is 2.78. The highest BCUT2D eigenvalue weighted by Gasteiger charge is 2.41. The molecule has 3 atom stereocenters. The molecule has 1 radical (unpaired) electrons. The van der Waals surface area contributed by atoms with Crippen molar-refractivity contribution in [2.24, 2.45) is 0 Å². The lowest BCUT2D eigenvalue weighted by Crippen LogP contribution is -2.51. The van der Waals surface area contributed by atoms with Gasteiger partial charge in [0.2, 0.25) is 0 Å². The highest BCUT2D eigenvalue weighted by atomic mass is 16.6. The lowest BCUT2D eigenvalue weighted by atomic mass is 10.1. The lowest BCUT2D eigenvalue weighted by molar-refractivity contribution is -0.198. The zero-order chi connectivity index (χ0) is 13.7. The molecule has 1 fully saturated rings. The van der Waals surface area contributed by atoms with Gasteiger partial charge in [0.05, 0.1) is 6.61 Å². The molecular formula is C11H15O7. The number of hydrogen-bond donors (Lipinski definition) is 0. The Morgan fingerprint density at radius 3 is 2.06 bits per heavy atom. The molecule has 0 amide bonds. The van der Waals surface area contributed by atoms with Crippen LogP contribution in [0.2, 0.25) is 0 Å². The summed E-state index contributed by atoms with van der Waals surface area (Å²) in [6.45, 7) is 4.94. The van der Waals surface area contributed by atoms with Crippen LogP contribution in [-0.2, 0) is 33.3 Å². The number of rotatable bonds is 3. The van der Waals surface area contributed by atoms with Gasteiger partial charge in [0, 0.05) is 20.8 Å². The Morgan fingerprint density at radius 1 is 1.00 bits per heavy atom. The molecule has 0 aliphatic carbocycles. The maximum atomic E-state index is 11.0. The summed E-state index contributed by atoms with van der Waals surface area (Å²) in [5.41, 5.74) is 0. The second kappa shape index (κ2) is 6.34. The highest BCUT2D eigenvalue weighted by molar-refractivity contribution is 5.68. The molecule has 1 aliphatic rings. The van der Waals surface area contributed by atoms with Gasteiger partial charge in [0.15, 0.2) is 18.3 Å². The topological polar surface area (TPSA) is 88.1 Å².